The van der Waals surface area contributed by atoms with Crippen molar-refractivity contribution >= 4 is 45.3 Å². The number of halogens is 1. The van der Waals surface area contributed by atoms with Crippen LogP contribution in [0.5, 0.6) is 0 Å². The minimum absolute atomic E-state index is 0.621. The molecule has 5 rings (SSSR count). The van der Waals surface area contributed by atoms with Gasteiger partial charge in [0, 0.05) is 27.7 Å². The summed E-state index contributed by atoms with van der Waals surface area (Å²) in [7, 11) is 0. The number of imidazole rings is 1. The van der Waals surface area contributed by atoms with Gasteiger partial charge in [-0.2, -0.15) is 0 Å². The van der Waals surface area contributed by atoms with Crippen molar-refractivity contribution in [2.45, 2.75) is 25.5 Å². The molecule has 0 radical (unpaired) electrons. The van der Waals surface area contributed by atoms with E-state index in [0.717, 1.165) is 55.4 Å². The number of aryl methyl sites for hydroxylation is 2. The van der Waals surface area contributed by atoms with Gasteiger partial charge in [0.25, 0.3) is 0 Å². The summed E-state index contributed by atoms with van der Waals surface area (Å²) in [4.78, 5) is 13.9. The molecule has 0 spiro atoms. The molecule has 0 aliphatic rings. The van der Waals surface area contributed by atoms with E-state index in [1.165, 1.54) is 0 Å². The first-order valence-corrected chi connectivity index (χ1v) is 11.0. The zero-order valence-corrected chi connectivity index (χ0v) is 18.3. The lowest BCUT2D eigenvalue weighted by molar-refractivity contribution is 0.393. The first-order valence-electron chi connectivity index (χ1n) is 9.42. The lowest BCUT2D eigenvalue weighted by Gasteiger charge is -2.11. The Morgan fingerprint density at radius 1 is 1.13 bits per heavy atom. The lowest BCUT2D eigenvalue weighted by Crippen LogP contribution is -2.03. The van der Waals surface area contributed by atoms with Crippen molar-refractivity contribution in [1.82, 2.24) is 24.7 Å². The molecular formula is C22H18ClN5OS. The van der Waals surface area contributed by atoms with Gasteiger partial charge in [-0.05, 0) is 44.4 Å². The van der Waals surface area contributed by atoms with Gasteiger partial charge in [0.05, 0.1) is 35.2 Å². The van der Waals surface area contributed by atoms with Gasteiger partial charge in [-0.15, -0.1) is 0 Å². The van der Waals surface area contributed by atoms with Crippen LogP contribution in [-0.2, 0) is 6.54 Å². The number of nitrogens with zero attached hydrogens (tertiary/aromatic N) is 5. The van der Waals surface area contributed by atoms with Crippen molar-refractivity contribution in [2.24, 2.45) is 0 Å². The van der Waals surface area contributed by atoms with E-state index in [2.05, 4.69) is 19.7 Å². The van der Waals surface area contributed by atoms with E-state index in [0.29, 0.717) is 11.6 Å². The van der Waals surface area contributed by atoms with E-state index < -0.39 is 0 Å². The molecule has 8 heteroatoms. The highest BCUT2D eigenvalue weighted by molar-refractivity contribution is 7.98. The van der Waals surface area contributed by atoms with Crippen LogP contribution in [0.1, 0.15) is 17.1 Å². The van der Waals surface area contributed by atoms with Crippen LogP contribution in [-0.4, -0.2) is 30.9 Å². The maximum absolute atomic E-state index is 6.75. The molecule has 0 atom stereocenters. The molecule has 30 heavy (non-hydrogen) atoms. The smallest absolute Gasteiger partial charge is 0.169 e. The molecule has 0 amide bonds. The Morgan fingerprint density at radius 3 is 2.70 bits per heavy atom. The third-order valence-electron chi connectivity index (χ3n) is 5.16. The van der Waals surface area contributed by atoms with Gasteiger partial charge in [-0.1, -0.05) is 34.6 Å². The van der Waals surface area contributed by atoms with E-state index in [1.54, 1.807) is 18.0 Å². The Kier molecular flexibility index (Phi) is 4.72. The highest BCUT2D eigenvalue weighted by atomic mass is 35.5. The number of aromatic nitrogens is 5. The summed E-state index contributed by atoms with van der Waals surface area (Å²) in [5.41, 5.74) is 6.24. The summed E-state index contributed by atoms with van der Waals surface area (Å²) in [6.07, 6.45) is 5.64. The van der Waals surface area contributed by atoms with Crippen molar-refractivity contribution in [2.75, 3.05) is 6.26 Å². The van der Waals surface area contributed by atoms with Gasteiger partial charge in [0.2, 0.25) is 0 Å². The minimum Gasteiger partial charge on any atom is -0.361 e. The SMILES string of the molecule is CSc1nc2cnc3cc(-c4c(C)noc4C)c(Cl)cc3c2n1Cc1ccccn1. The molecule has 0 aliphatic carbocycles. The summed E-state index contributed by atoms with van der Waals surface area (Å²) in [5.74, 6) is 0.736. The lowest BCUT2D eigenvalue weighted by atomic mass is 10.0. The van der Waals surface area contributed by atoms with E-state index in [9.17, 15) is 0 Å². The highest BCUT2D eigenvalue weighted by Crippen LogP contribution is 2.38. The van der Waals surface area contributed by atoms with Crippen LogP contribution >= 0.6 is 23.4 Å². The monoisotopic (exact) mass is 435 g/mol. The summed E-state index contributed by atoms with van der Waals surface area (Å²) in [5, 5.41) is 6.56. The molecule has 4 aromatic heterocycles. The Morgan fingerprint density at radius 2 is 2.00 bits per heavy atom. The Labute approximate surface area is 182 Å². The fraction of sp³-hybridized carbons (Fsp3) is 0.182. The van der Waals surface area contributed by atoms with Gasteiger partial charge in [0.1, 0.15) is 11.3 Å². The summed E-state index contributed by atoms with van der Waals surface area (Å²) in [6.45, 7) is 4.42. The van der Waals surface area contributed by atoms with E-state index in [1.807, 2.05) is 56.6 Å². The molecule has 0 aliphatic heterocycles. The van der Waals surface area contributed by atoms with Crippen molar-refractivity contribution in [3.63, 3.8) is 0 Å². The Balaban J connectivity index is 1.77. The third-order valence-corrected chi connectivity index (χ3v) is 6.15. The maximum Gasteiger partial charge on any atom is 0.169 e. The molecule has 0 N–H and O–H groups in total. The van der Waals surface area contributed by atoms with Crippen molar-refractivity contribution < 1.29 is 4.52 Å². The Bertz CT molecular complexity index is 1370. The normalized spacial score (nSPS) is 11.6. The standard InChI is InChI=1S/C22H18ClN5OS/c1-12-20(13(2)29-27-12)15-9-18-16(8-17(15)23)21-19(10-25-18)26-22(30-3)28(21)11-14-6-4-5-7-24-14/h4-10H,11H2,1-3H3. The molecule has 0 saturated heterocycles. The van der Waals surface area contributed by atoms with Gasteiger partial charge >= 0.3 is 0 Å². The maximum atomic E-state index is 6.75. The summed E-state index contributed by atoms with van der Waals surface area (Å²) < 4.78 is 7.52. The zero-order valence-electron chi connectivity index (χ0n) is 16.7. The van der Waals surface area contributed by atoms with Crippen LogP contribution in [0.25, 0.3) is 33.1 Å². The molecule has 0 fully saturated rings. The Hall–Kier alpha value is -2.90. The molecule has 0 bridgehead atoms. The average molecular weight is 436 g/mol. The number of fused-ring (bicyclic) bond motifs is 3. The van der Waals surface area contributed by atoms with Crippen LogP contribution < -0.4 is 0 Å². The molecule has 150 valence electrons. The topological polar surface area (TPSA) is 69.6 Å². The number of hydrogen-bond donors (Lipinski definition) is 0. The second kappa shape index (κ2) is 7.41. The number of rotatable bonds is 4. The van der Waals surface area contributed by atoms with Crippen LogP contribution in [0.4, 0.5) is 0 Å². The van der Waals surface area contributed by atoms with E-state index in [4.69, 9.17) is 21.1 Å². The minimum atomic E-state index is 0.621. The predicted octanol–water partition coefficient (Wildman–Crippen LogP) is 5.67. The second-order valence-corrected chi connectivity index (χ2v) is 8.23. The summed E-state index contributed by atoms with van der Waals surface area (Å²) in [6, 6.07) is 9.89. The fourth-order valence-electron chi connectivity index (χ4n) is 3.83. The first kappa shape index (κ1) is 19.1. The van der Waals surface area contributed by atoms with E-state index in [-0.39, 0.29) is 0 Å². The van der Waals surface area contributed by atoms with Gasteiger partial charge in [0.15, 0.2) is 5.16 Å². The molecule has 4 heterocycles. The largest absolute Gasteiger partial charge is 0.361 e. The molecule has 0 unspecified atom stereocenters. The zero-order chi connectivity index (χ0) is 20.8. The van der Waals surface area contributed by atoms with Crippen LogP contribution in [0.2, 0.25) is 5.02 Å². The quantitative estimate of drug-likeness (QED) is 0.338. The van der Waals surface area contributed by atoms with Crippen molar-refractivity contribution in [3.8, 4) is 11.1 Å². The van der Waals surface area contributed by atoms with Crippen LogP contribution in [0.15, 0.2) is 52.4 Å². The third kappa shape index (κ3) is 3.05. The van der Waals surface area contributed by atoms with E-state index >= 15 is 0 Å². The van der Waals surface area contributed by atoms with Gasteiger partial charge in [-0.25, -0.2) is 4.98 Å². The predicted molar refractivity (Wildman–Crippen MR) is 120 cm³/mol. The first-order chi connectivity index (χ1) is 14.6. The van der Waals surface area contributed by atoms with Crippen molar-refractivity contribution in [3.05, 3.63) is 64.9 Å². The van der Waals surface area contributed by atoms with Crippen molar-refractivity contribution in [1.29, 1.82) is 0 Å². The highest BCUT2D eigenvalue weighted by Gasteiger charge is 2.19. The fourth-order valence-corrected chi connectivity index (χ4v) is 4.65. The molecule has 1 aromatic carbocycles. The number of thioether (sulfide) groups is 1. The molecule has 5 aromatic rings. The number of hydrogen-bond acceptors (Lipinski definition) is 6. The van der Waals surface area contributed by atoms with Crippen LogP contribution in [0, 0.1) is 13.8 Å². The molecular weight excluding hydrogens is 418 g/mol. The number of pyridine rings is 2. The molecule has 6 nitrogen and oxygen atoms in total. The second-order valence-electron chi connectivity index (χ2n) is 7.05. The van der Waals surface area contributed by atoms with Gasteiger partial charge < -0.3 is 9.09 Å². The van der Waals surface area contributed by atoms with Crippen LogP contribution in [0.3, 0.4) is 0 Å². The van der Waals surface area contributed by atoms with Gasteiger partial charge in [-0.3, -0.25) is 9.97 Å². The average Bonchev–Trinajstić information content (AvgIpc) is 3.28. The number of benzene rings is 1. The summed E-state index contributed by atoms with van der Waals surface area (Å²) >= 11 is 8.35. The molecule has 0 saturated carbocycles.